The predicted octanol–water partition coefficient (Wildman–Crippen LogP) is 5.74. The number of nitro groups is 1. The zero-order valence-electron chi connectivity index (χ0n) is 13.9. The van der Waals surface area contributed by atoms with E-state index in [1.54, 1.807) is 12.1 Å². The van der Waals surface area contributed by atoms with Gasteiger partial charge in [0.15, 0.2) is 5.75 Å². The summed E-state index contributed by atoms with van der Waals surface area (Å²) in [5.74, 6) is 0.706. The van der Waals surface area contributed by atoms with Crippen molar-refractivity contribution in [2.24, 2.45) is 5.92 Å². The van der Waals surface area contributed by atoms with Crippen LogP contribution in [0.25, 0.3) is 0 Å². The molecule has 2 aromatic rings. The number of methoxy groups -OCH3 is 1. The summed E-state index contributed by atoms with van der Waals surface area (Å²) in [7, 11) is 1.43. The highest BCUT2D eigenvalue weighted by atomic mass is 35.5. The molecule has 7 heteroatoms. The fourth-order valence-electron chi connectivity index (χ4n) is 3.98. The van der Waals surface area contributed by atoms with Crippen molar-refractivity contribution in [1.82, 2.24) is 0 Å². The molecule has 0 aromatic heterocycles. The second-order valence-electron chi connectivity index (χ2n) is 6.49. The number of anilines is 1. The highest BCUT2D eigenvalue weighted by Gasteiger charge is 2.39. The maximum absolute atomic E-state index is 11.4. The predicted molar refractivity (Wildman–Crippen MR) is 102 cm³/mol. The summed E-state index contributed by atoms with van der Waals surface area (Å²) in [5, 5.41) is 15.8. The lowest BCUT2D eigenvalue weighted by molar-refractivity contribution is -0.385. The Hall–Kier alpha value is -2.24. The zero-order chi connectivity index (χ0) is 18.4. The number of halogens is 2. The lowest BCUT2D eigenvalue weighted by Gasteiger charge is -2.38. The van der Waals surface area contributed by atoms with Gasteiger partial charge in [0.25, 0.3) is 0 Å². The summed E-state index contributed by atoms with van der Waals surface area (Å²) >= 11 is 12.6. The molecule has 2 aromatic carbocycles. The fraction of sp³-hybridized carbons (Fsp3) is 0.263. The molecule has 1 N–H and O–H groups in total. The van der Waals surface area contributed by atoms with Gasteiger partial charge in [-0.25, -0.2) is 0 Å². The Morgan fingerprint density at radius 3 is 2.81 bits per heavy atom. The van der Waals surface area contributed by atoms with Crippen LogP contribution in [0.4, 0.5) is 11.4 Å². The molecule has 0 bridgehead atoms. The molecule has 26 heavy (non-hydrogen) atoms. The Labute approximate surface area is 160 Å². The maximum Gasteiger partial charge on any atom is 0.311 e. The number of hydrogen-bond donors (Lipinski definition) is 1. The molecular weight excluding hydrogens is 375 g/mol. The summed E-state index contributed by atoms with van der Waals surface area (Å²) in [6, 6.07) is 8.78. The quantitative estimate of drug-likeness (QED) is 0.412. The van der Waals surface area contributed by atoms with Crippen LogP contribution in [-0.2, 0) is 0 Å². The molecule has 0 spiro atoms. The summed E-state index contributed by atoms with van der Waals surface area (Å²) in [4.78, 5) is 11.0. The molecular formula is C19H16Cl2N2O3. The first-order chi connectivity index (χ1) is 12.5. The molecule has 0 fully saturated rings. The van der Waals surface area contributed by atoms with Gasteiger partial charge >= 0.3 is 5.69 Å². The molecule has 0 saturated carbocycles. The normalized spacial score (nSPS) is 23.1. The first-order valence-corrected chi connectivity index (χ1v) is 9.00. The standard InChI is InChI=1S/C19H16Cl2N2O3/c1-26-16-8-5-10(9-15(16)23(24)25)18-12-4-2-3-11(12)13-6-7-14(20)17(21)19(13)22-18/h2-3,5-9,11-12,18,22H,4H2,1H3/t11-,12+,18+/m1/s1. The highest BCUT2D eigenvalue weighted by Crippen LogP contribution is 2.53. The molecule has 5 nitrogen and oxygen atoms in total. The molecule has 134 valence electrons. The zero-order valence-corrected chi connectivity index (χ0v) is 15.4. The Kier molecular flexibility index (Phi) is 4.29. The van der Waals surface area contributed by atoms with E-state index >= 15 is 0 Å². The van der Waals surface area contributed by atoms with E-state index in [1.165, 1.54) is 7.11 Å². The number of nitrogens with zero attached hydrogens (tertiary/aromatic N) is 1. The second-order valence-corrected chi connectivity index (χ2v) is 7.27. The molecule has 1 heterocycles. The fourth-order valence-corrected chi connectivity index (χ4v) is 4.36. The van der Waals surface area contributed by atoms with Crippen LogP contribution in [-0.4, -0.2) is 12.0 Å². The van der Waals surface area contributed by atoms with Gasteiger partial charge in [-0.3, -0.25) is 10.1 Å². The third-order valence-electron chi connectivity index (χ3n) is 5.19. The number of rotatable bonds is 3. The van der Waals surface area contributed by atoms with E-state index in [4.69, 9.17) is 27.9 Å². The van der Waals surface area contributed by atoms with Crippen LogP contribution in [0, 0.1) is 16.0 Å². The van der Waals surface area contributed by atoms with Crippen molar-refractivity contribution in [2.45, 2.75) is 18.4 Å². The summed E-state index contributed by atoms with van der Waals surface area (Å²) < 4.78 is 5.11. The molecule has 0 radical (unpaired) electrons. The average Bonchev–Trinajstić information content (AvgIpc) is 3.13. The number of ether oxygens (including phenoxy) is 1. The van der Waals surface area contributed by atoms with E-state index in [2.05, 4.69) is 17.5 Å². The molecule has 0 amide bonds. The number of allylic oxidation sites excluding steroid dienone is 2. The van der Waals surface area contributed by atoms with Gasteiger partial charge < -0.3 is 10.1 Å². The van der Waals surface area contributed by atoms with Crippen LogP contribution in [0.1, 0.15) is 29.5 Å². The van der Waals surface area contributed by atoms with Gasteiger partial charge in [-0.2, -0.15) is 0 Å². The number of benzene rings is 2. The number of nitro benzene ring substituents is 1. The van der Waals surface area contributed by atoms with Gasteiger partial charge in [0.1, 0.15) is 0 Å². The van der Waals surface area contributed by atoms with Crippen LogP contribution < -0.4 is 10.1 Å². The lowest BCUT2D eigenvalue weighted by Crippen LogP contribution is -2.29. The first-order valence-electron chi connectivity index (χ1n) is 8.24. The molecule has 1 aliphatic carbocycles. The topological polar surface area (TPSA) is 64.4 Å². The van der Waals surface area contributed by atoms with E-state index < -0.39 is 4.92 Å². The van der Waals surface area contributed by atoms with Gasteiger partial charge in [-0.05, 0) is 35.6 Å². The molecule has 0 saturated heterocycles. The largest absolute Gasteiger partial charge is 0.490 e. The Bertz CT molecular complexity index is 929. The minimum Gasteiger partial charge on any atom is -0.490 e. The number of nitrogens with one attached hydrogen (secondary N) is 1. The van der Waals surface area contributed by atoms with Crippen molar-refractivity contribution in [3.63, 3.8) is 0 Å². The third kappa shape index (κ3) is 2.63. The van der Waals surface area contributed by atoms with Gasteiger partial charge in [0, 0.05) is 12.0 Å². The van der Waals surface area contributed by atoms with E-state index in [0.29, 0.717) is 10.0 Å². The number of hydrogen-bond acceptors (Lipinski definition) is 4. The van der Waals surface area contributed by atoms with Crippen molar-refractivity contribution in [3.8, 4) is 5.75 Å². The minimum absolute atomic E-state index is 0.0442. The highest BCUT2D eigenvalue weighted by molar-refractivity contribution is 6.43. The van der Waals surface area contributed by atoms with Crippen molar-refractivity contribution >= 4 is 34.6 Å². The summed E-state index contributed by atoms with van der Waals surface area (Å²) in [6.45, 7) is 0. The van der Waals surface area contributed by atoms with E-state index in [9.17, 15) is 10.1 Å². The molecule has 3 atom stereocenters. The maximum atomic E-state index is 11.4. The summed E-state index contributed by atoms with van der Waals surface area (Å²) in [6.07, 6.45) is 5.22. The molecule has 2 aliphatic rings. The van der Waals surface area contributed by atoms with Crippen LogP contribution in [0.5, 0.6) is 5.75 Å². The minimum atomic E-state index is -0.423. The Morgan fingerprint density at radius 1 is 1.27 bits per heavy atom. The Morgan fingerprint density at radius 2 is 2.08 bits per heavy atom. The van der Waals surface area contributed by atoms with E-state index in [-0.39, 0.29) is 29.3 Å². The van der Waals surface area contributed by atoms with Crippen LogP contribution >= 0.6 is 23.2 Å². The first kappa shape index (κ1) is 17.2. The van der Waals surface area contributed by atoms with Gasteiger partial charge in [-0.15, -0.1) is 0 Å². The molecule has 1 aliphatic heterocycles. The summed E-state index contributed by atoms with van der Waals surface area (Å²) in [5.41, 5.74) is 2.70. The lowest BCUT2D eigenvalue weighted by atomic mass is 9.77. The van der Waals surface area contributed by atoms with Crippen molar-refractivity contribution in [2.75, 3.05) is 12.4 Å². The van der Waals surface area contributed by atoms with Gasteiger partial charge in [0.05, 0.1) is 33.8 Å². The van der Waals surface area contributed by atoms with Gasteiger partial charge in [-0.1, -0.05) is 47.5 Å². The SMILES string of the molecule is COc1ccc([C@@H]2Nc3c(ccc(Cl)c3Cl)[C@@H]3C=CC[C@@H]32)cc1[N+](=O)[O-]. The van der Waals surface area contributed by atoms with Crippen LogP contribution in [0.2, 0.25) is 10.0 Å². The van der Waals surface area contributed by atoms with Crippen molar-refractivity contribution in [3.05, 3.63) is 73.8 Å². The van der Waals surface area contributed by atoms with E-state index in [0.717, 1.165) is 23.2 Å². The number of fused-ring (bicyclic) bond motifs is 3. The Balaban J connectivity index is 1.82. The third-order valence-corrected chi connectivity index (χ3v) is 5.99. The smallest absolute Gasteiger partial charge is 0.311 e. The molecule has 4 rings (SSSR count). The van der Waals surface area contributed by atoms with Crippen LogP contribution in [0.15, 0.2) is 42.5 Å². The van der Waals surface area contributed by atoms with Crippen LogP contribution in [0.3, 0.4) is 0 Å². The molecule has 0 unspecified atom stereocenters. The van der Waals surface area contributed by atoms with Crippen molar-refractivity contribution < 1.29 is 9.66 Å². The average molecular weight is 391 g/mol. The van der Waals surface area contributed by atoms with E-state index in [1.807, 2.05) is 18.2 Å². The second kappa shape index (κ2) is 6.49. The monoisotopic (exact) mass is 390 g/mol. The van der Waals surface area contributed by atoms with Crippen molar-refractivity contribution in [1.29, 1.82) is 0 Å². The van der Waals surface area contributed by atoms with Gasteiger partial charge in [0.2, 0.25) is 0 Å².